The number of pyridine rings is 1. The third-order valence-electron chi connectivity index (χ3n) is 0.894. The van der Waals surface area contributed by atoms with Gasteiger partial charge in [-0.3, -0.25) is 0 Å². The van der Waals surface area contributed by atoms with E-state index in [2.05, 4.69) is 20.9 Å². The van der Waals surface area contributed by atoms with E-state index in [1.165, 1.54) is 7.11 Å². The molecule has 0 saturated carbocycles. The summed E-state index contributed by atoms with van der Waals surface area (Å²) in [6.45, 7) is 0.143. The van der Waals surface area contributed by atoms with Crippen LogP contribution < -0.4 is 0 Å². The quantitative estimate of drug-likeness (QED) is 0.688. The molecule has 0 unspecified atom stereocenters. The molecule has 0 aromatic carbocycles. The van der Waals surface area contributed by atoms with Crippen molar-refractivity contribution in [3.05, 3.63) is 28.4 Å². The van der Waals surface area contributed by atoms with Gasteiger partial charge in [0.15, 0.2) is 0 Å². The van der Waals surface area contributed by atoms with Crippen LogP contribution >= 0.6 is 15.9 Å². The minimum Gasteiger partial charge on any atom is -0.380 e. The van der Waals surface area contributed by atoms with E-state index in [-0.39, 0.29) is 29.5 Å². The molecule has 10 heavy (non-hydrogen) atoms. The highest BCUT2D eigenvalue weighted by molar-refractivity contribution is 9.10. The molecule has 0 aliphatic heterocycles. The van der Waals surface area contributed by atoms with Crippen LogP contribution in [0, 0.1) is 0 Å². The van der Waals surface area contributed by atoms with Crippen LogP contribution in [0.3, 0.4) is 0 Å². The van der Waals surface area contributed by atoms with Crippen LogP contribution in [0.2, 0.25) is 0 Å². The Morgan fingerprint density at radius 3 is 3.30 bits per heavy atom. The highest BCUT2D eigenvalue weighted by Gasteiger charge is 1.90. The number of hydrogen-bond donors (Lipinski definition) is 0. The van der Waals surface area contributed by atoms with Gasteiger partial charge in [-0.05, 0) is 27.5 Å². The predicted molar refractivity (Wildman–Crippen MR) is 42.7 cm³/mol. The fraction of sp³-hybridized carbons (Fsp3) is 0.286. The highest BCUT2D eigenvalue weighted by atomic mass is 79.9. The van der Waals surface area contributed by atoms with Gasteiger partial charge in [0, 0.05) is 13.3 Å². The predicted octanol–water partition coefficient (Wildman–Crippen LogP) is 1.99. The molecule has 1 rings (SSSR count). The second kappa shape index (κ2) is 3.68. The number of halogens is 1. The van der Waals surface area contributed by atoms with Gasteiger partial charge in [-0.2, -0.15) is 0 Å². The lowest BCUT2D eigenvalue weighted by Gasteiger charge is -1.96. The normalized spacial score (nSPS) is 14.0. The van der Waals surface area contributed by atoms with E-state index < -0.39 is 0 Å². The van der Waals surface area contributed by atoms with Crippen molar-refractivity contribution in [1.29, 1.82) is 0 Å². The molecule has 0 radical (unpaired) electrons. The van der Waals surface area contributed by atoms with Gasteiger partial charge in [0.25, 0.3) is 0 Å². The van der Waals surface area contributed by atoms with Crippen molar-refractivity contribution in [1.82, 2.24) is 4.98 Å². The van der Waals surface area contributed by atoms with Crippen LogP contribution in [0.25, 0.3) is 0 Å². The summed E-state index contributed by atoms with van der Waals surface area (Å²) in [5.74, 6) is 0. The summed E-state index contributed by atoms with van der Waals surface area (Å²) in [7, 11) is 1.48. The summed E-state index contributed by atoms with van der Waals surface area (Å²) in [4.78, 5) is 3.75. The summed E-state index contributed by atoms with van der Waals surface area (Å²) in [5.41, 5.74) is 0.343. The summed E-state index contributed by atoms with van der Waals surface area (Å²) < 4.78 is 27.4. The van der Waals surface area contributed by atoms with E-state index in [1.54, 1.807) is 0 Å². The van der Waals surface area contributed by atoms with E-state index in [0.29, 0.717) is 5.56 Å². The zero-order valence-corrected chi connectivity index (χ0v) is 7.03. The Morgan fingerprint density at radius 1 is 1.80 bits per heavy atom. The number of hydrogen-bond acceptors (Lipinski definition) is 2. The Morgan fingerprint density at radius 2 is 2.60 bits per heavy atom. The second-order valence-electron chi connectivity index (χ2n) is 1.68. The lowest BCUT2D eigenvalue weighted by molar-refractivity contribution is 0.184. The SMILES string of the molecule is [2H]c1nc(Br)c([2H])c([2H])c1COC. The molecule has 54 valence electrons. The summed E-state index contributed by atoms with van der Waals surface area (Å²) in [5, 5.41) is 0. The number of aromatic nitrogens is 1. The molecule has 0 bridgehead atoms. The van der Waals surface area contributed by atoms with E-state index >= 15 is 0 Å². The molecule has 1 heterocycles. The molecule has 0 fully saturated rings. The van der Waals surface area contributed by atoms with Crippen LogP contribution in [-0.4, -0.2) is 12.1 Å². The highest BCUT2D eigenvalue weighted by Crippen LogP contribution is 2.06. The van der Waals surface area contributed by atoms with Gasteiger partial charge in [-0.1, -0.05) is 6.04 Å². The van der Waals surface area contributed by atoms with Crippen molar-refractivity contribution in [2.24, 2.45) is 0 Å². The average molecular weight is 205 g/mol. The largest absolute Gasteiger partial charge is 0.380 e. The lowest BCUT2D eigenvalue weighted by atomic mass is 10.3. The average Bonchev–Trinajstić information content (AvgIpc) is 2.09. The van der Waals surface area contributed by atoms with Gasteiger partial charge < -0.3 is 4.74 Å². The zero-order chi connectivity index (χ0) is 10.0. The van der Waals surface area contributed by atoms with E-state index in [0.717, 1.165) is 0 Å². The van der Waals surface area contributed by atoms with Gasteiger partial charge in [0.2, 0.25) is 0 Å². The van der Waals surface area contributed by atoms with Crippen molar-refractivity contribution in [2.45, 2.75) is 6.61 Å². The maximum absolute atomic E-state index is 7.52. The van der Waals surface area contributed by atoms with E-state index in [9.17, 15) is 0 Å². The minimum absolute atomic E-state index is 0.00581. The number of ether oxygens (including phenoxy) is 1. The number of rotatable bonds is 2. The van der Waals surface area contributed by atoms with Gasteiger partial charge in [0.05, 0.1) is 10.7 Å². The third-order valence-corrected chi connectivity index (χ3v) is 1.27. The zero-order valence-electron chi connectivity index (χ0n) is 8.44. The van der Waals surface area contributed by atoms with Crippen LogP contribution in [0.4, 0.5) is 0 Å². The Kier molecular flexibility index (Phi) is 1.64. The van der Waals surface area contributed by atoms with E-state index in [4.69, 9.17) is 8.85 Å². The standard InChI is InChI=1S/C7H8BrNO/c1-10-5-6-2-3-7(8)9-4-6/h2-4H,5H2,1H3/i2D,3D,4D. The molecular weight excluding hydrogens is 194 g/mol. The minimum atomic E-state index is -0.0188. The molecule has 2 nitrogen and oxygen atoms in total. The Hall–Kier alpha value is -0.410. The molecule has 0 atom stereocenters. The first kappa shape index (κ1) is 4.46. The lowest BCUT2D eigenvalue weighted by Crippen LogP contribution is -1.87. The summed E-state index contributed by atoms with van der Waals surface area (Å²) >= 11 is 3.00. The first-order valence-electron chi connectivity index (χ1n) is 4.19. The van der Waals surface area contributed by atoms with Crippen molar-refractivity contribution < 1.29 is 8.85 Å². The molecule has 0 N–H and O–H groups in total. The maximum Gasteiger partial charge on any atom is 0.106 e. The molecule has 0 spiro atoms. The van der Waals surface area contributed by atoms with Crippen molar-refractivity contribution >= 4 is 15.9 Å². The van der Waals surface area contributed by atoms with Gasteiger partial charge in [-0.25, -0.2) is 4.98 Å². The molecule has 0 aliphatic carbocycles. The first-order valence-corrected chi connectivity index (χ1v) is 3.48. The van der Waals surface area contributed by atoms with Crippen LogP contribution in [0.1, 0.15) is 9.68 Å². The maximum atomic E-state index is 7.52. The van der Waals surface area contributed by atoms with E-state index in [1.807, 2.05) is 0 Å². The Bertz CT molecular complexity index is 332. The monoisotopic (exact) mass is 204 g/mol. The van der Waals surface area contributed by atoms with Gasteiger partial charge >= 0.3 is 0 Å². The first-order chi connectivity index (χ1) is 6.07. The number of methoxy groups -OCH3 is 1. The van der Waals surface area contributed by atoms with Gasteiger partial charge in [0.1, 0.15) is 4.60 Å². The van der Waals surface area contributed by atoms with Crippen LogP contribution in [-0.2, 0) is 11.3 Å². The molecule has 0 amide bonds. The van der Waals surface area contributed by atoms with Crippen LogP contribution in [0.15, 0.2) is 22.9 Å². The third kappa shape index (κ3) is 2.08. The Labute approximate surface area is 72.6 Å². The van der Waals surface area contributed by atoms with Gasteiger partial charge in [-0.15, -0.1) is 0 Å². The molecule has 0 aliphatic rings. The summed E-state index contributed by atoms with van der Waals surface area (Å²) in [6, 6.07) is -0.0169. The van der Waals surface area contributed by atoms with Crippen molar-refractivity contribution in [3.63, 3.8) is 0 Å². The summed E-state index contributed by atoms with van der Waals surface area (Å²) in [6.07, 6.45) is -0.0188. The molecule has 1 aromatic heterocycles. The molecule has 1 aromatic rings. The number of nitrogens with zero attached hydrogens (tertiary/aromatic N) is 1. The molecule has 0 saturated heterocycles. The Balaban J connectivity index is 3.26. The molecule has 3 heteroatoms. The fourth-order valence-electron chi connectivity index (χ4n) is 0.512. The molecular formula is C7H8BrNO. The smallest absolute Gasteiger partial charge is 0.106 e. The van der Waals surface area contributed by atoms with Crippen LogP contribution in [0.5, 0.6) is 0 Å². The van der Waals surface area contributed by atoms with Crippen molar-refractivity contribution in [3.8, 4) is 0 Å². The van der Waals surface area contributed by atoms with Crippen molar-refractivity contribution in [2.75, 3.05) is 7.11 Å². The second-order valence-corrected chi connectivity index (χ2v) is 2.43. The topological polar surface area (TPSA) is 22.1 Å². The fourth-order valence-corrected chi connectivity index (χ4v) is 0.700.